The SMILES string of the molecule is Cc1cc(CBr)cc(OS(=O)(=O)C(C)C)c1. The highest BCUT2D eigenvalue weighted by molar-refractivity contribution is 9.08. The molecule has 0 N–H and O–H groups in total. The molecule has 3 nitrogen and oxygen atoms in total. The van der Waals surface area contributed by atoms with Crippen LogP contribution in [0.4, 0.5) is 0 Å². The van der Waals surface area contributed by atoms with E-state index in [1.807, 2.05) is 13.0 Å². The first-order valence-corrected chi connectivity index (χ1v) is 7.54. The van der Waals surface area contributed by atoms with Crippen molar-refractivity contribution in [3.63, 3.8) is 0 Å². The minimum absolute atomic E-state index is 0.378. The van der Waals surface area contributed by atoms with Crippen LogP contribution in [0, 0.1) is 6.92 Å². The number of benzene rings is 1. The Hall–Kier alpha value is -0.550. The van der Waals surface area contributed by atoms with E-state index in [-0.39, 0.29) is 0 Å². The standard InChI is InChI=1S/C11H15BrO3S/c1-8(2)16(13,14)15-11-5-9(3)4-10(6-11)7-12/h4-6,8H,7H2,1-3H3. The maximum Gasteiger partial charge on any atom is 0.311 e. The zero-order valence-corrected chi connectivity index (χ0v) is 11.9. The van der Waals surface area contributed by atoms with Gasteiger partial charge in [0.25, 0.3) is 0 Å². The predicted octanol–water partition coefficient (Wildman–Crippen LogP) is 3.01. The van der Waals surface area contributed by atoms with Crippen molar-refractivity contribution in [2.24, 2.45) is 0 Å². The summed E-state index contributed by atoms with van der Waals surface area (Å²) in [6.45, 7) is 5.09. The highest BCUT2D eigenvalue weighted by Crippen LogP contribution is 2.21. The van der Waals surface area contributed by atoms with Crippen molar-refractivity contribution in [1.82, 2.24) is 0 Å². The molecule has 0 atom stereocenters. The van der Waals surface area contributed by atoms with E-state index in [4.69, 9.17) is 4.18 Å². The molecule has 0 saturated heterocycles. The van der Waals surface area contributed by atoms with Crippen LogP contribution < -0.4 is 4.18 Å². The van der Waals surface area contributed by atoms with Crippen molar-refractivity contribution < 1.29 is 12.6 Å². The van der Waals surface area contributed by atoms with E-state index < -0.39 is 15.4 Å². The Morgan fingerprint density at radius 3 is 2.44 bits per heavy atom. The van der Waals surface area contributed by atoms with E-state index in [1.165, 1.54) is 0 Å². The Morgan fingerprint density at radius 1 is 1.31 bits per heavy atom. The van der Waals surface area contributed by atoms with Gasteiger partial charge >= 0.3 is 10.1 Å². The van der Waals surface area contributed by atoms with Crippen LogP contribution in [0.5, 0.6) is 5.75 Å². The largest absolute Gasteiger partial charge is 0.382 e. The van der Waals surface area contributed by atoms with E-state index >= 15 is 0 Å². The van der Waals surface area contributed by atoms with Gasteiger partial charge in [-0.15, -0.1) is 0 Å². The van der Waals surface area contributed by atoms with E-state index in [0.29, 0.717) is 11.1 Å². The summed E-state index contributed by atoms with van der Waals surface area (Å²) in [6, 6.07) is 5.41. The Balaban J connectivity index is 3.02. The smallest absolute Gasteiger partial charge is 0.311 e. The third-order valence-corrected chi connectivity index (χ3v) is 4.28. The quantitative estimate of drug-likeness (QED) is 0.634. The number of hydrogen-bond acceptors (Lipinski definition) is 3. The van der Waals surface area contributed by atoms with Crippen molar-refractivity contribution in [3.05, 3.63) is 29.3 Å². The van der Waals surface area contributed by atoms with E-state index in [9.17, 15) is 8.42 Å². The van der Waals surface area contributed by atoms with Crippen molar-refractivity contribution in [2.75, 3.05) is 0 Å². The van der Waals surface area contributed by atoms with Gasteiger partial charge in [0.2, 0.25) is 0 Å². The molecule has 90 valence electrons. The summed E-state index contributed by atoms with van der Waals surface area (Å²) in [5, 5.41) is 0.132. The molecule has 0 aliphatic heterocycles. The normalized spacial score (nSPS) is 11.8. The Morgan fingerprint density at radius 2 is 1.94 bits per heavy atom. The average Bonchev–Trinajstić information content (AvgIpc) is 2.15. The second kappa shape index (κ2) is 5.19. The number of aryl methyl sites for hydroxylation is 1. The predicted molar refractivity (Wildman–Crippen MR) is 68.5 cm³/mol. The lowest BCUT2D eigenvalue weighted by Crippen LogP contribution is -2.20. The van der Waals surface area contributed by atoms with Gasteiger partial charge < -0.3 is 4.18 Å². The molecule has 0 fully saturated rings. The molecule has 5 heteroatoms. The summed E-state index contributed by atoms with van der Waals surface area (Å²) in [4.78, 5) is 0. The monoisotopic (exact) mass is 306 g/mol. The molecular weight excluding hydrogens is 292 g/mol. The third kappa shape index (κ3) is 3.49. The van der Waals surface area contributed by atoms with Crippen molar-refractivity contribution in [1.29, 1.82) is 0 Å². The topological polar surface area (TPSA) is 43.4 Å². The van der Waals surface area contributed by atoms with Gasteiger partial charge in [-0.3, -0.25) is 0 Å². The van der Waals surface area contributed by atoms with Crippen molar-refractivity contribution >= 4 is 26.0 Å². The van der Waals surface area contributed by atoms with Crippen LogP contribution in [-0.2, 0) is 15.4 Å². The van der Waals surface area contributed by atoms with Crippen LogP contribution in [0.25, 0.3) is 0 Å². The molecule has 0 amide bonds. The Labute approximate surface area is 105 Å². The van der Waals surface area contributed by atoms with Gasteiger partial charge in [-0.05, 0) is 44.0 Å². The summed E-state index contributed by atoms with van der Waals surface area (Å²) < 4.78 is 28.2. The molecule has 16 heavy (non-hydrogen) atoms. The second-order valence-corrected chi connectivity index (χ2v) is 6.57. The first-order chi connectivity index (χ1) is 7.35. The van der Waals surface area contributed by atoms with Gasteiger partial charge in [0.05, 0.1) is 5.25 Å². The van der Waals surface area contributed by atoms with Gasteiger partial charge in [-0.2, -0.15) is 8.42 Å². The van der Waals surface area contributed by atoms with Gasteiger partial charge in [0, 0.05) is 5.33 Å². The van der Waals surface area contributed by atoms with E-state index in [1.54, 1.807) is 26.0 Å². The lowest BCUT2D eigenvalue weighted by molar-refractivity contribution is 0.476. The lowest BCUT2D eigenvalue weighted by Gasteiger charge is -2.11. The zero-order valence-electron chi connectivity index (χ0n) is 9.53. The fraction of sp³-hybridized carbons (Fsp3) is 0.455. The average molecular weight is 307 g/mol. The second-order valence-electron chi connectivity index (χ2n) is 3.91. The van der Waals surface area contributed by atoms with Gasteiger partial charge in [-0.25, -0.2) is 0 Å². The summed E-state index contributed by atoms with van der Waals surface area (Å²) in [5.41, 5.74) is 1.97. The molecule has 0 aromatic heterocycles. The Kier molecular flexibility index (Phi) is 4.38. The molecule has 1 aromatic rings. The molecule has 0 unspecified atom stereocenters. The first kappa shape index (κ1) is 13.5. The summed E-state index contributed by atoms with van der Waals surface area (Å²) in [5.74, 6) is 0.378. The van der Waals surface area contributed by atoms with Gasteiger partial charge in [-0.1, -0.05) is 22.0 Å². The molecule has 1 rings (SSSR count). The summed E-state index contributed by atoms with van der Waals surface area (Å²) in [6.07, 6.45) is 0. The fourth-order valence-electron chi connectivity index (χ4n) is 1.18. The zero-order chi connectivity index (χ0) is 12.3. The maximum absolute atomic E-state index is 11.6. The van der Waals surface area contributed by atoms with Crippen LogP contribution in [-0.4, -0.2) is 13.7 Å². The molecule has 0 radical (unpaired) electrons. The summed E-state index contributed by atoms with van der Waals surface area (Å²) in [7, 11) is -3.51. The molecule has 1 aromatic carbocycles. The van der Waals surface area contributed by atoms with Crippen LogP contribution in [0.3, 0.4) is 0 Å². The number of hydrogen-bond donors (Lipinski definition) is 0. The number of halogens is 1. The van der Waals surface area contributed by atoms with Crippen LogP contribution in [0.15, 0.2) is 18.2 Å². The minimum Gasteiger partial charge on any atom is -0.382 e. The Bertz CT molecular complexity index is 466. The van der Waals surface area contributed by atoms with Gasteiger partial charge in [0.15, 0.2) is 0 Å². The molecular formula is C11H15BrO3S. The molecule has 0 aliphatic rings. The maximum atomic E-state index is 11.6. The number of alkyl halides is 1. The lowest BCUT2D eigenvalue weighted by atomic mass is 10.1. The molecule has 0 heterocycles. The highest BCUT2D eigenvalue weighted by atomic mass is 79.9. The number of rotatable bonds is 4. The van der Waals surface area contributed by atoms with Crippen LogP contribution in [0.1, 0.15) is 25.0 Å². The van der Waals surface area contributed by atoms with Crippen molar-refractivity contribution in [3.8, 4) is 5.75 Å². The van der Waals surface area contributed by atoms with E-state index in [2.05, 4.69) is 15.9 Å². The summed E-state index contributed by atoms with van der Waals surface area (Å²) >= 11 is 3.33. The highest BCUT2D eigenvalue weighted by Gasteiger charge is 2.18. The molecule has 0 saturated carbocycles. The van der Waals surface area contributed by atoms with E-state index in [0.717, 1.165) is 11.1 Å². The van der Waals surface area contributed by atoms with Crippen LogP contribution in [0.2, 0.25) is 0 Å². The molecule has 0 spiro atoms. The van der Waals surface area contributed by atoms with Crippen molar-refractivity contribution in [2.45, 2.75) is 31.4 Å². The first-order valence-electron chi connectivity index (χ1n) is 4.95. The molecule has 0 bridgehead atoms. The molecule has 0 aliphatic carbocycles. The third-order valence-electron chi connectivity index (χ3n) is 2.05. The van der Waals surface area contributed by atoms with Gasteiger partial charge in [0.1, 0.15) is 5.75 Å². The fourth-order valence-corrected chi connectivity index (χ4v) is 2.06. The minimum atomic E-state index is -3.51. The van der Waals surface area contributed by atoms with Crippen LogP contribution >= 0.6 is 15.9 Å².